The molecule has 4 rings (SSSR count). The third-order valence-corrected chi connectivity index (χ3v) is 4.94. The molecule has 0 spiro atoms. The van der Waals surface area contributed by atoms with E-state index < -0.39 is 0 Å². The van der Waals surface area contributed by atoms with Crippen molar-refractivity contribution in [1.82, 2.24) is 20.3 Å². The van der Waals surface area contributed by atoms with Gasteiger partial charge in [-0.2, -0.15) is 4.80 Å². The highest BCUT2D eigenvalue weighted by atomic mass is 35.5. The lowest BCUT2D eigenvalue weighted by Gasteiger charge is -2.12. The molecule has 162 valence electrons. The van der Waals surface area contributed by atoms with E-state index in [1.165, 1.54) is 4.80 Å². The summed E-state index contributed by atoms with van der Waals surface area (Å²) in [4.78, 5) is 14.0. The minimum absolute atomic E-state index is 0.0582. The number of fused-ring (bicyclic) bond motifs is 1. The summed E-state index contributed by atoms with van der Waals surface area (Å²) in [6.45, 7) is 3.88. The molecule has 1 amide bonds. The van der Waals surface area contributed by atoms with Crippen LogP contribution in [-0.4, -0.2) is 32.1 Å². The highest BCUT2D eigenvalue weighted by Crippen LogP contribution is 2.27. The molecule has 3 aromatic carbocycles. The van der Waals surface area contributed by atoms with Gasteiger partial charge < -0.3 is 10.1 Å². The van der Waals surface area contributed by atoms with Crippen LogP contribution in [0.5, 0.6) is 5.75 Å². The molecule has 1 heterocycles. The zero-order valence-corrected chi connectivity index (χ0v) is 18.9. The van der Waals surface area contributed by atoms with Crippen molar-refractivity contribution in [2.45, 2.75) is 20.0 Å². The second kappa shape index (κ2) is 9.33. The highest BCUT2D eigenvalue weighted by molar-refractivity contribution is 7.80. The fourth-order valence-corrected chi connectivity index (χ4v) is 3.40. The van der Waals surface area contributed by atoms with Crippen molar-refractivity contribution in [2.24, 2.45) is 0 Å². The first-order valence-electron chi connectivity index (χ1n) is 9.90. The van der Waals surface area contributed by atoms with Gasteiger partial charge in [-0.05, 0) is 74.6 Å². The number of hydrogen-bond acceptors (Lipinski definition) is 5. The molecule has 0 radical (unpaired) electrons. The van der Waals surface area contributed by atoms with Crippen LogP contribution in [0.25, 0.3) is 16.7 Å². The molecular weight excluding hydrogens is 446 g/mol. The van der Waals surface area contributed by atoms with Crippen LogP contribution in [0.2, 0.25) is 5.02 Å². The van der Waals surface area contributed by atoms with Crippen LogP contribution in [0, 0.1) is 0 Å². The number of para-hydroxylation sites is 1. The lowest BCUT2D eigenvalue weighted by Crippen LogP contribution is -2.34. The summed E-state index contributed by atoms with van der Waals surface area (Å²) in [6.07, 6.45) is 0.0582. The topological polar surface area (TPSA) is 81.1 Å². The van der Waals surface area contributed by atoms with E-state index in [4.69, 9.17) is 28.6 Å². The van der Waals surface area contributed by atoms with E-state index >= 15 is 0 Å². The van der Waals surface area contributed by atoms with Gasteiger partial charge in [-0.1, -0.05) is 29.8 Å². The van der Waals surface area contributed by atoms with Crippen molar-refractivity contribution >= 4 is 51.6 Å². The Labute approximate surface area is 195 Å². The number of benzene rings is 3. The van der Waals surface area contributed by atoms with Crippen molar-refractivity contribution < 1.29 is 9.53 Å². The second-order valence-electron chi connectivity index (χ2n) is 7.24. The molecule has 0 bridgehead atoms. The Kier molecular flexibility index (Phi) is 6.34. The lowest BCUT2D eigenvalue weighted by atomic mass is 10.2. The molecule has 2 N–H and O–H groups in total. The summed E-state index contributed by atoms with van der Waals surface area (Å²) in [5, 5.41) is 15.1. The maximum atomic E-state index is 12.5. The maximum Gasteiger partial charge on any atom is 0.257 e. The molecule has 0 saturated heterocycles. The van der Waals surface area contributed by atoms with E-state index in [-0.39, 0.29) is 17.1 Å². The fraction of sp³-hybridized carbons (Fsp3) is 0.130. The third-order valence-electron chi connectivity index (χ3n) is 4.42. The van der Waals surface area contributed by atoms with Crippen molar-refractivity contribution in [3.63, 3.8) is 0 Å². The van der Waals surface area contributed by atoms with Crippen molar-refractivity contribution in [3.8, 4) is 11.4 Å². The van der Waals surface area contributed by atoms with Gasteiger partial charge in [0.05, 0.1) is 22.5 Å². The number of nitrogens with zero attached hydrogens (tertiary/aromatic N) is 3. The molecule has 9 heteroatoms. The van der Waals surface area contributed by atoms with Crippen LogP contribution in [0.15, 0.2) is 66.7 Å². The largest absolute Gasteiger partial charge is 0.491 e. The molecule has 0 fully saturated rings. The van der Waals surface area contributed by atoms with Gasteiger partial charge in [-0.15, -0.1) is 10.2 Å². The minimum Gasteiger partial charge on any atom is -0.491 e. The molecule has 0 aliphatic heterocycles. The van der Waals surface area contributed by atoms with Gasteiger partial charge in [0.2, 0.25) is 0 Å². The number of ether oxygens (including phenoxy) is 1. The molecule has 4 aromatic rings. The van der Waals surface area contributed by atoms with Gasteiger partial charge >= 0.3 is 0 Å². The van der Waals surface area contributed by atoms with Gasteiger partial charge in [-0.25, -0.2) is 0 Å². The summed E-state index contributed by atoms with van der Waals surface area (Å²) in [6, 6.07) is 19.8. The van der Waals surface area contributed by atoms with E-state index in [0.29, 0.717) is 33.1 Å². The molecule has 32 heavy (non-hydrogen) atoms. The average molecular weight is 466 g/mol. The van der Waals surface area contributed by atoms with Gasteiger partial charge in [0.25, 0.3) is 5.91 Å². The van der Waals surface area contributed by atoms with E-state index in [1.807, 2.05) is 44.2 Å². The predicted molar refractivity (Wildman–Crippen MR) is 130 cm³/mol. The zero-order valence-electron chi connectivity index (χ0n) is 17.4. The van der Waals surface area contributed by atoms with E-state index in [0.717, 1.165) is 5.69 Å². The van der Waals surface area contributed by atoms with Crippen LogP contribution in [-0.2, 0) is 0 Å². The van der Waals surface area contributed by atoms with Crippen LogP contribution in [0.1, 0.15) is 24.2 Å². The summed E-state index contributed by atoms with van der Waals surface area (Å²) in [5.74, 6) is 0.353. The second-order valence-corrected chi connectivity index (χ2v) is 8.06. The summed E-state index contributed by atoms with van der Waals surface area (Å²) in [5.41, 5.74) is 3.09. The summed E-state index contributed by atoms with van der Waals surface area (Å²) >= 11 is 11.7. The predicted octanol–water partition coefficient (Wildman–Crippen LogP) is 4.99. The average Bonchev–Trinajstić information content (AvgIpc) is 3.17. The number of carbonyl (C=O) groups is 1. The Balaban J connectivity index is 1.46. The number of halogens is 1. The van der Waals surface area contributed by atoms with Gasteiger partial charge in [0.1, 0.15) is 16.8 Å². The number of nitrogens with one attached hydrogen (secondary N) is 2. The Morgan fingerprint density at radius 2 is 1.69 bits per heavy atom. The quantitative estimate of drug-likeness (QED) is 0.404. The van der Waals surface area contributed by atoms with E-state index in [2.05, 4.69) is 20.8 Å². The van der Waals surface area contributed by atoms with Crippen LogP contribution < -0.4 is 15.4 Å². The van der Waals surface area contributed by atoms with E-state index in [9.17, 15) is 4.79 Å². The molecule has 0 aliphatic rings. The van der Waals surface area contributed by atoms with Crippen molar-refractivity contribution in [1.29, 1.82) is 0 Å². The molecule has 0 saturated carbocycles. The number of amides is 1. The summed E-state index contributed by atoms with van der Waals surface area (Å²) < 4.78 is 5.59. The SMILES string of the molecule is CC(C)Oc1ccc(C(=O)NC(=S)Nc2cc3nn(-c4ccccc4)nc3cc2Cl)cc1. The lowest BCUT2D eigenvalue weighted by molar-refractivity contribution is 0.0977. The molecule has 0 atom stereocenters. The Hall–Kier alpha value is -3.49. The highest BCUT2D eigenvalue weighted by Gasteiger charge is 2.13. The number of anilines is 1. The Bertz CT molecular complexity index is 1270. The van der Waals surface area contributed by atoms with Crippen molar-refractivity contribution in [2.75, 3.05) is 5.32 Å². The molecule has 1 aromatic heterocycles. The number of carbonyl (C=O) groups excluding carboxylic acids is 1. The first-order chi connectivity index (χ1) is 15.4. The minimum atomic E-state index is -0.342. The van der Waals surface area contributed by atoms with Gasteiger partial charge in [-0.3, -0.25) is 10.1 Å². The van der Waals surface area contributed by atoms with E-state index in [1.54, 1.807) is 36.4 Å². The Morgan fingerprint density at radius 3 is 2.34 bits per heavy atom. The molecule has 0 unspecified atom stereocenters. The van der Waals surface area contributed by atoms with Crippen LogP contribution in [0.4, 0.5) is 5.69 Å². The maximum absolute atomic E-state index is 12.5. The van der Waals surface area contributed by atoms with Crippen molar-refractivity contribution in [3.05, 3.63) is 77.3 Å². The summed E-state index contributed by atoms with van der Waals surface area (Å²) in [7, 11) is 0. The van der Waals surface area contributed by atoms with Crippen LogP contribution >= 0.6 is 23.8 Å². The number of thiocarbonyl (C=S) groups is 1. The number of rotatable bonds is 5. The number of aromatic nitrogens is 3. The molecule has 7 nitrogen and oxygen atoms in total. The Morgan fingerprint density at radius 1 is 1.03 bits per heavy atom. The molecular formula is C23H20ClN5O2S. The first-order valence-corrected chi connectivity index (χ1v) is 10.7. The van der Waals surface area contributed by atoms with Crippen LogP contribution in [0.3, 0.4) is 0 Å². The smallest absolute Gasteiger partial charge is 0.257 e. The standard InChI is InChI=1S/C23H20ClN5O2S/c1-14(2)31-17-10-8-15(9-11-17)22(30)26-23(32)25-19-13-21-20(12-18(19)24)27-29(28-21)16-6-4-3-5-7-16/h3-14H,1-2H3,(H2,25,26,30,32). The van der Waals surface area contributed by atoms with Gasteiger partial charge in [0, 0.05) is 5.56 Å². The van der Waals surface area contributed by atoms with Gasteiger partial charge in [0.15, 0.2) is 5.11 Å². The normalized spacial score (nSPS) is 10.9. The zero-order chi connectivity index (χ0) is 22.7. The first kappa shape index (κ1) is 21.7. The molecule has 0 aliphatic carbocycles. The third kappa shape index (κ3) is 5.04. The fourth-order valence-electron chi connectivity index (χ4n) is 3.00. The number of hydrogen-bond donors (Lipinski definition) is 2. The monoisotopic (exact) mass is 465 g/mol.